The lowest BCUT2D eigenvalue weighted by Crippen LogP contribution is -2.12. The van der Waals surface area contributed by atoms with Gasteiger partial charge >= 0.3 is 5.97 Å². The molecule has 0 saturated heterocycles. The topological polar surface area (TPSA) is 99.4 Å². The lowest BCUT2D eigenvalue weighted by atomic mass is 10.2. The minimum absolute atomic E-state index is 0.0660. The van der Waals surface area contributed by atoms with Gasteiger partial charge in [0.25, 0.3) is 5.71 Å². The number of esters is 1. The van der Waals surface area contributed by atoms with Gasteiger partial charge in [0.1, 0.15) is 17.0 Å². The number of carbonyl (C=O) groups is 1. The summed E-state index contributed by atoms with van der Waals surface area (Å²) >= 11 is 0. The molecule has 2 heterocycles. The van der Waals surface area contributed by atoms with E-state index in [0.29, 0.717) is 23.4 Å². The van der Waals surface area contributed by atoms with Crippen LogP contribution >= 0.6 is 0 Å². The van der Waals surface area contributed by atoms with Crippen molar-refractivity contribution in [2.75, 3.05) is 11.9 Å². The molecule has 0 spiro atoms. The van der Waals surface area contributed by atoms with E-state index in [4.69, 9.17) is 14.0 Å². The van der Waals surface area contributed by atoms with Crippen molar-refractivity contribution in [3.63, 3.8) is 0 Å². The summed E-state index contributed by atoms with van der Waals surface area (Å²) in [6.07, 6.45) is 0.126. The van der Waals surface area contributed by atoms with Crippen molar-refractivity contribution in [3.8, 4) is 5.75 Å². The van der Waals surface area contributed by atoms with E-state index in [1.165, 1.54) is 0 Å². The zero-order valence-electron chi connectivity index (χ0n) is 15.8. The Morgan fingerprint density at radius 2 is 1.96 bits per heavy atom. The number of aryl methyl sites for hydroxylation is 1. The van der Waals surface area contributed by atoms with Gasteiger partial charge in [-0.2, -0.15) is 4.98 Å². The van der Waals surface area contributed by atoms with Crippen molar-refractivity contribution < 1.29 is 18.8 Å². The molecule has 0 fully saturated rings. The molecule has 0 atom stereocenters. The maximum atomic E-state index is 12.0. The summed E-state index contributed by atoms with van der Waals surface area (Å²) in [6, 6.07) is 7.77. The number of rotatable bonds is 7. The largest absolute Gasteiger partial charge is 0.491 e. The minimum atomic E-state index is -0.605. The predicted octanol–water partition coefficient (Wildman–Crippen LogP) is 3.50. The molecular weight excluding hydrogens is 348 g/mol. The average molecular weight is 370 g/mol. The van der Waals surface area contributed by atoms with Gasteiger partial charge in [-0.25, -0.2) is 9.78 Å². The smallest absolute Gasteiger partial charge is 0.376 e. The van der Waals surface area contributed by atoms with E-state index in [9.17, 15) is 4.79 Å². The van der Waals surface area contributed by atoms with Crippen molar-refractivity contribution in [2.45, 2.75) is 40.3 Å². The fourth-order valence-electron chi connectivity index (χ4n) is 2.55. The van der Waals surface area contributed by atoms with Crippen LogP contribution in [0.4, 0.5) is 5.82 Å². The Balaban J connectivity index is 1.82. The first-order valence-corrected chi connectivity index (χ1v) is 8.78. The number of fused-ring (bicyclic) bond motifs is 1. The first-order chi connectivity index (χ1) is 13.0. The highest BCUT2D eigenvalue weighted by Crippen LogP contribution is 2.25. The van der Waals surface area contributed by atoms with Crippen LogP contribution in [0.5, 0.6) is 5.75 Å². The van der Waals surface area contributed by atoms with E-state index < -0.39 is 5.97 Å². The second-order valence-corrected chi connectivity index (χ2v) is 6.23. The maximum Gasteiger partial charge on any atom is 0.376 e. The molecule has 0 radical (unpaired) electrons. The van der Waals surface area contributed by atoms with Gasteiger partial charge in [-0.15, -0.1) is 0 Å². The third-order valence-electron chi connectivity index (χ3n) is 3.72. The molecule has 3 rings (SSSR count). The summed E-state index contributed by atoms with van der Waals surface area (Å²) in [5, 5.41) is 7.78. The van der Waals surface area contributed by atoms with Crippen LogP contribution in [0.1, 0.15) is 42.6 Å². The molecule has 0 aliphatic carbocycles. The number of benzene rings is 1. The van der Waals surface area contributed by atoms with E-state index in [1.54, 1.807) is 13.8 Å². The highest BCUT2D eigenvalue weighted by atomic mass is 16.5. The molecule has 0 bridgehead atoms. The zero-order valence-corrected chi connectivity index (χ0v) is 15.8. The lowest BCUT2D eigenvalue weighted by molar-refractivity contribution is 0.0512. The van der Waals surface area contributed by atoms with Gasteiger partial charge in [-0.1, -0.05) is 17.3 Å². The van der Waals surface area contributed by atoms with E-state index in [1.807, 2.05) is 38.1 Å². The highest BCUT2D eigenvalue weighted by molar-refractivity contribution is 5.93. The fourth-order valence-corrected chi connectivity index (χ4v) is 2.55. The van der Waals surface area contributed by atoms with Crippen LogP contribution in [-0.4, -0.2) is 33.8 Å². The number of aromatic nitrogens is 3. The highest BCUT2D eigenvalue weighted by Gasteiger charge is 2.19. The van der Waals surface area contributed by atoms with Crippen molar-refractivity contribution >= 4 is 22.9 Å². The van der Waals surface area contributed by atoms with Crippen LogP contribution in [0, 0.1) is 6.92 Å². The Hall–Kier alpha value is -3.16. The van der Waals surface area contributed by atoms with Gasteiger partial charge in [0, 0.05) is 6.54 Å². The second kappa shape index (κ2) is 8.03. The van der Waals surface area contributed by atoms with Crippen LogP contribution in [0.3, 0.4) is 0 Å². The Bertz CT molecular complexity index is 935. The van der Waals surface area contributed by atoms with Crippen molar-refractivity contribution in [3.05, 3.63) is 41.3 Å². The molecule has 3 aromatic rings. The van der Waals surface area contributed by atoms with Gasteiger partial charge < -0.3 is 19.3 Å². The van der Waals surface area contributed by atoms with E-state index in [2.05, 4.69) is 20.4 Å². The fraction of sp³-hybridized carbons (Fsp3) is 0.368. The quantitative estimate of drug-likeness (QED) is 0.631. The summed E-state index contributed by atoms with van der Waals surface area (Å²) in [5.74, 6) is 0.623. The molecule has 27 heavy (non-hydrogen) atoms. The van der Waals surface area contributed by atoms with Crippen molar-refractivity contribution in [2.24, 2.45) is 0 Å². The van der Waals surface area contributed by atoms with E-state index in [-0.39, 0.29) is 24.2 Å². The van der Waals surface area contributed by atoms with Crippen molar-refractivity contribution in [1.82, 2.24) is 15.1 Å². The minimum Gasteiger partial charge on any atom is -0.491 e. The van der Waals surface area contributed by atoms with Gasteiger partial charge in [-0.05, 0) is 45.4 Å². The third kappa shape index (κ3) is 4.33. The standard InChI is InChI=1S/C19H22N4O4/c1-5-25-19(24)17-21-16(15-12(4)23-27-18(15)22-17)20-10-13-6-8-14(9-7-13)26-11(2)3/h6-9,11H,5,10H2,1-4H3,(H,20,21,22). The monoisotopic (exact) mass is 370 g/mol. The van der Waals surface area contributed by atoms with Crippen LogP contribution in [0.2, 0.25) is 0 Å². The first kappa shape index (κ1) is 18.6. The Morgan fingerprint density at radius 1 is 1.22 bits per heavy atom. The third-order valence-corrected chi connectivity index (χ3v) is 3.72. The Morgan fingerprint density at radius 3 is 2.63 bits per heavy atom. The number of hydrogen-bond acceptors (Lipinski definition) is 8. The summed E-state index contributed by atoms with van der Waals surface area (Å²) in [4.78, 5) is 20.4. The van der Waals surface area contributed by atoms with Crippen LogP contribution < -0.4 is 10.1 Å². The number of carbonyl (C=O) groups excluding carboxylic acids is 1. The van der Waals surface area contributed by atoms with E-state index in [0.717, 1.165) is 11.3 Å². The molecule has 8 heteroatoms. The van der Waals surface area contributed by atoms with Crippen molar-refractivity contribution in [1.29, 1.82) is 0 Å². The van der Waals surface area contributed by atoms with Crippen LogP contribution in [0.25, 0.3) is 11.1 Å². The van der Waals surface area contributed by atoms with Gasteiger partial charge in [0.05, 0.1) is 18.4 Å². The molecular formula is C19H22N4O4. The Kier molecular flexibility index (Phi) is 5.54. The summed E-state index contributed by atoms with van der Waals surface area (Å²) in [5.41, 5.74) is 1.92. The first-order valence-electron chi connectivity index (χ1n) is 8.78. The SMILES string of the molecule is CCOC(=O)c1nc(NCc2ccc(OC(C)C)cc2)c2c(C)noc2n1. The van der Waals surface area contributed by atoms with Gasteiger partial charge in [0.15, 0.2) is 0 Å². The lowest BCUT2D eigenvalue weighted by Gasteiger charge is -2.11. The van der Waals surface area contributed by atoms with Crippen LogP contribution in [-0.2, 0) is 11.3 Å². The molecule has 2 aromatic heterocycles. The molecule has 8 nitrogen and oxygen atoms in total. The normalized spacial score (nSPS) is 11.0. The van der Waals surface area contributed by atoms with Crippen LogP contribution in [0.15, 0.2) is 28.8 Å². The molecule has 1 N–H and O–H groups in total. The second-order valence-electron chi connectivity index (χ2n) is 6.23. The molecule has 0 unspecified atom stereocenters. The number of anilines is 1. The maximum absolute atomic E-state index is 12.0. The average Bonchev–Trinajstić information content (AvgIpc) is 3.02. The van der Waals surface area contributed by atoms with Gasteiger partial charge in [-0.3, -0.25) is 0 Å². The molecule has 1 aromatic carbocycles. The number of hydrogen-bond donors (Lipinski definition) is 1. The summed E-state index contributed by atoms with van der Waals surface area (Å²) < 4.78 is 15.8. The Labute approximate surface area is 156 Å². The summed E-state index contributed by atoms with van der Waals surface area (Å²) in [6.45, 7) is 8.23. The number of nitrogens with zero attached hydrogens (tertiary/aromatic N) is 3. The molecule has 0 saturated carbocycles. The molecule has 0 aliphatic rings. The zero-order chi connectivity index (χ0) is 19.4. The van der Waals surface area contributed by atoms with Gasteiger partial charge in [0.2, 0.25) is 5.82 Å². The molecule has 142 valence electrons. The summed E-state index contributed by atoms with van der Waals surface area (Å²) in [7, 11) is 0. The number of nitrogens with one attached hydrogen (secondary N) is 1. The van der Waals surface area contributed by atoms with E-state index >= 15 is 0 Å². The molecule has 0 aliphatic heterocycles. The predicted molar refractivity (Wildman–Crippen MR) is 99.8 cm³/mol. The molecule has 0 amide bonds. The number of ether oxygens (including phenoxy) is 2.